The Morgan fingerprint density at radius 2 is 2.04 bits per heavy atom. The Labute approximate surface area is 154 Å². The van der Waals surface area contributed by atoms with E-state index in [4.69, 9.17) is 0 Å². The van der Waals surface area contributed by atoms with Crippen LogP contribution in [0.1, 0.15) is 18.1 Å². The minimum Gasteiger partial charge on any atom is -0.325 e. The minimum absolute atomic E-state index is 0.254. The van der Waals surface area contributed by atoms with Crippen LogP contribution in [0, 0.1) is 19.7 Å². The summed E-state index contributed by atoms with van der Waals surface area (Å²) in [5.41, 5.74) is 3.46. The maximum absolute atomic E-state index is 13.2. The number of hydrogen-bond donors (Lipinski definition) is 1. The highest BCUT2D eigenvalue weighted by Crippen LogP contribution is 2.25. The van der Waals surface area contributed by atoms with Gasteiger partial charge in [-0.05, 0) is 61.0 Å². The highest BCUT2D eigenvalue weighted by atomic mass is 32.2. The first-order chi connectivity index (χ1) is 12.4. The maximum Gasteiger partial charge on any atom is 0.237 e. The molecule has 26 heavy (non-hydrogen) atoms. The molecule has 0 radical (unpaired) electrons. The normalized spacial score (nSPS) is 12.0. The Morgan fingerprint density at radius 3 is 2.77 bits per heavy atom. The quantitative estimate of drug-likeness (QED) is 0.695. The highest BCUT2D eigenvalue weighted by molar-refractivity contribution is 8.00. The van der Waals surface area contributed by atoms with Crippen molar-refractivity contribution >= 4 is 23.4 Å². The average molecular weight is 371 g/mol. The number of nitrogens with zero attached hydrogens (tertiary/aromatic N) is 4. The number of nitrogens with one attached hydrogen (secondary N) is 1. The second-order valence-electron chi connectivity index (χ2n) is 5.92. The fourth-order valence-corrected chi connectivity index (χ4v) is 3.27. The van der Waals surface area contributed by atoms with Crippen molar-refractivity contribution in [3.63, 3.8) is 0 Å². The molecule has 8 heteroatoms. The molecule has 0 fully saturated rings. The Morgan fingerprint density at radius 1 is 1.23 bits per heavy atom. The maximum atomic E-state index is 13.2. The second-order valence-corrected chi connectivity index (χ2v) is 7.23. The van der Waals surface area contributed by atoms with E-state index in [-0.39, 0.29) is 5.91 Å². The van der Waals surface area contributed by atoms with Crippen molar-refractivity contribution in [2.75, 3.05) is 5.32 Å². The third-order valence-corrected chi connectivity index (χ3v) is 4.80. The van der Waals surface area contributed by atoms with E-state index in [9.17, 15) is 9.18 Å². The van der Waals surface area contributed by atoms with Crippen LogP contribution in [0.4, 0.5) is 10.1 Å². The van der Waals surface area contributed by atoms with Gasteiger partial charge in [-0.15, -0.1) is 5.10 Å². The van der Waals surface area contributed by atoms with Crippen molar-refractivity contribution in [1.29, 1.82) is 0 Å². The number of thioether (sulfide) groups is 1. The van der Waals surface area contributed by atoms with Crippen molar-refractivity contribution in [1.82, 2.24) is 20.2 Å². The van der Waals surface area contributed by atoms with Crippen LogP contribution in [0.2, 0.25) is 0 Å². The summed E-state index contributed by atoms with van der Waals surface area (Å²) in [7, 11) is 0. The van der Waals surface area contributed by atoms with Gasteiger partial charge in [0.2, 0.25) is 11.1 Å². The van der Waals surface area contributed by atoms with E-state index in [0.717, 1.165) is 16.8 Å². The van der Waals surface area contributed by atoms with Crippen LogP contribution < -0.4 is 5.32 Å². The summed E-state index contributed by atoms with van der Waals surface area (Å²) < 4.78 is 14.9. The van der Waals surface area contributed by atoms with Crippen LogP contribution in [0.15, 0.2) is 47.6 Å². The number of hydrogen-bond acceptors (Lipinski definition) is 5. The van der Waals surface area contributed by atoms with Crippen molar-refractivity contribution in [2.24, 2.45) is 0 Å². The molecule has 0 saturated heterocycles. The molecule has 1 amide bonds. The summed E-state index contributed by atoms with van der Waals surface area (Å²) in [4.78, 5) is 12.4. The van der Waals surface area contributed by atoms with E-state index in [0.29, 0.717) is 10.8 Å². The number of tetrazole rings is 1. The van der Waals surface area contributed by atoms with E-state index in [1.54, 1.807) is 23.7 Å². The zero-order valence-corrected chi connectivity index (χ0v) is 15.4. The van der Waals surface area contributed by atoms with Gasteiger partial charge in [0.1, 0.15) is 5.82 Å². The summed E-state index contributed by atoms with van der Waals surface area (Å²) in [5.74, 6) is -0.655. The van der Waals surface area contributed by atoms with Crippen LogP contribution in [0.5, 0.6) is 0 Å². The zero-order chi connectivity index (χ0) is 18.7. The number of amides is 1. The van der Waals surface area contributed by atoms with Crippen LogP contribution in [-0.4, -0.2) is 31.4 Å². The Kier molecular flexibility index (Phi) is 5.32. The van der Waals surface area contributed by atoms with Gasteiger partial charge in [-0.1, -0.05) is 35.5 Å². The number of halogens is 1. The number of carbonyl (C=O) groups excluding carboxylic acids is 1. The fraction of sp³-hybridized carbons (Fsp3) is 0.222. The molecule has 0 aliphatic heterocycles. The lowest BCUT2D eigenvalue weighted by Crippen LogP contribution is -2.23. The predicted octanol–water partition coefficient (Wildman–Crippen LogP) is 3.54. The molecule has 1 heterocycles. The van der Waals surface area contributed by atoms with E-state index in [1.807, 2.05) is 32.0 Å². The molecule has 1 atom stereocenters. The molecular formula is C18H18FN5OS. The molecule has 0 saturated carbocycles. The number of rotatable bonds is 5. The molecule has 3 rings (SSSR count). The van der Waals surface area contributed by atoms with Crippen LogP contribution in [0.25, 0.3) is 5.69 Å². The molecule has 1 N–H and O–H groups in total. The Balaban J connectivity index is 1.75. The van der Waals surface area contributed by atoms with Gasteiger partial charge in [0.25, 0.3) is 0 Å². The first-order valence-electron chi connectivity index (χ1n) is 8.03. The van der Waals surface area contributed by atoms with Gasteiger partial charge < -0.3 is 5.32 Å². The number of aryl methyl sites for hydroxylation is 2. The molecule has 6 nitrogen and oxygen atoms in total. The Bertz CT molecular complexity index is 943. The minimum atomic E-state index is -0.464. The molecule has 0 aliphatic carbocycles. The fourth-order valence-electron chi connectivity index (χ4n) is 2.47. The van der Waals surface area contributed by atoms with Crippen molar-refractivity contribution in [3.8, 4) is 5.69 Å². The van der Waals surface area contributed by atoms with Crippen LogP contribution in [-0.2, 0) is 4.79 Å². The molecule has 0 aliphatic rings. The first kappa shape index (κ1) is 18.1. The largest absolute Gasteiger partial charge is 0.325 e. The Hall–Kier alpha value is -2.74. The molecule has 1 aromatic heterocycles. The van der Waals surface area contributed by atoms with Gasteiger partial charge >= 0.3 is 0 Å². The molecule has 0 bridgehead atoms. The summed E-state index contributed by atoms with van der Waals surface area (Å²) in [6.07, 6.45) is 0. The van der Waals surface area contributed by atoms with Crippen molar-refractivity contribution in [3.05, 3.63) is 59.4 Å². The summed E-state index contributed by atoms with van der Waals surface area (Å²) in [6, 6.07) is 11.8. The van der Waals surface area contributed by atoms with Crippen LogP contribution >= 0.6 is 11.8 Å². The van der Waals surface area contributed by atoms with Crippen molar-refractivity contribution < 1.29 is 9.18 Å². The molecule has 3 aromatic rings. The average Bonchev–Trinajstić information content (AvgIpc) is 3.02. The van der Waals surface area contributed by atoms with Gasteiger partial charge in [-0.25, -0.2) is 4.39 Å². The van der Waals surface area contributed by atoms with Gasteiger partial charge in [0, 0.05) is 5.69 Å². The topological polar surface area (TPSA) is 72.7 Å². The third-order valence-electron chi connectivity index (χ3n) is 3.76. The molecule has 134 valence electrons. The summed E-state index contributed by atoms with van der Waals surface area (Å²) in [5, 5.41) is 14.5. The number of benzene rings is 2. The van der Waals surface area contributed by atoms with Crippen LogP contribution in [0.3, 0.4) is 0 Å². The SMILES string of the molecule is Cc1ccc(-n2nnnc2SC(C)C(=O)Nc2cccc(F)c2)c(C)c1. The molecule has 0 spiro atoms. The van der Waals surface area contributed by atoms with E-state index in [1.165, 1.54) is 23.9 Å². The van der Waals surface area contributed by atoms with E-state index >= 15 is 0 Å². The summed E-state index contributed by atoms with van der Waals surface area (Å²) >= 11 is 1.24. The molecule has 1 unspecified atom stereocenters. The van der Waals surface area contributed by atoms with Gasteiger partial charge in [0.15, 0.2) is 0 Å². The van der Waals surface area contributed by atoms with Crippen molar-refractivity contribution in [2.45, 2.75) is 31.2 Å². The standard InChI is InChI=1S/C18H18FN5OS/c1-11-7-8-16(12(2)9-11)24-18(21-22-23-24)26-13(3)17(25)20-15-6-4-5-14(19)10-15/h4-10,13H,1-3H3,(H,20,25). The molecular weight excluding hydrogens is 353 g/mol. The van der Waals surface area contributed by atoms with Gasteiger partial charge in [0.05, 0.1) is 10.9 Å². The number of anilines is 1. The second kappa shape index (κ2) is 7.65. The monoisotopic (exact) mass is 371 g/mol. The highest BCUT2D eigenvalue weighted by Gasteiger charge is 2.20. The first-order valence-corrected chi connectivity index (χ1v) is 8.91. The number of aromatic nitrogens is 4. The van der Waals surface area contributed by atoms with E-state index in [2.05, 4.69) is 20.8 Å². The molecule has 2 aromatic carbocycles. The lowest BCUT2D eigenvalue weighted by molar-refractivity contribution is -0.115. The van der Waals surface area contributed by atoms with Gasteiger partial charge in [-0.3, -0.25) is 4.79 Å². The third kappa shape index (κ3) is 4.08. The summed E-state index contributed by atoms with van der Waals surface area (Å²) in [6.45, 7) is 5.75. The smallest absolute Gasteiger partial charge is 0.237 e. The zero-order valence-electron chi connectivity index (χ0n) is 14.6. The lowest BCUT2D eigenvalue weighted by Gasteiger charge is -2.12. The predicted molar refractivity (Wildman–Crippen MR) is 99.0 cm³/mol. The van der Waals surface area contributed by atoms with E-state index < -0.39 is 11.1 Å². The number of carbonyl (C=O) groups is 1. The lowest BCUT2D eigenvalue weighted by atomic mass is 10.1. The van der Waals surface area contributed by atoms with Gasteiger partial charge in [-0.2, -0.15) is 4.68 Å².